The van der Waals surface area contributed by atoms with Crippen LogP contribution < -0.4 is 5.73 Å². The number of nitrogens with two attached hydrogens (primary N) is 1. The van der Waals surface area contributed by atoms with Crippen molar-refractivity contribution in [3.8, 4) is 0 Å². The lowest BCUT2D eigenvalue weighted by Crippen LogP contribution is -2.18. The van der Waals surface area contributed by atoms with Crippen molar-refractivity contribution in [2.75, 3.05) is 0 Å². The predicted octanol–water partition coefficient (Wildman–Crippen LogP) is 1.76. The molecule has 0 aliphatic heterocycles. The summed E-state index contributed by atoms with van der Waals surface area (Å²) >= 11 is 0. The fourth-order valence-corrected chi connectivity index (χ4v) is 2.20. The van der Waals surface area contributed by atoms with E-state index in [9.17, 15) is 0 Å². The van der Waals surface area contributed by atoms with Gasteiger partial charge in [0.1, 0.15) is 0 Å². The highest BCUT2D eigenvalue weighted by molar-refractivity contribution is 5.79. The van der Waals surface area contributed by atoms with Gasteiger partial charge in [0, 0.05) is 6.20 Å². The highest BCUT2D eigenvalue weighted by Crippen LogP contribution is 2.42. The second-order valence-corrected chi connectivity index (χ2v) is 4.62. The minimum atomic E-state index is -0.123. The number of nitrogens with zero attached hydrogens (tertiary/aromatic N) is 2. The van der Waals surface area contributed by atoms with Gasteiger partial charge in [0.05, 0.1) is 22.3 Å². The van der Waals surface area contributed by atoms with Crippen molar-refractivity contribution in [1.29, 1.82) is 0 Å². The summed E-state index contributed by atoms with van der Waals surface area (Å²) in [5.41, 5.74) is 9.28. The average molecular weight is 212 g/mol. The van der Waals surface area contributed by atoms with Gasteiger partial charge in [0.2, 0.25) is 5.78 Å². The number of aromatic nitrogens is 3. The second-order valence-electron chi connectivity index (χ2n) is 4.62. The van der Waals surface area contributed by atoms with E-state index in [1.165, 1.54) is 0 Å². The molecule has 1 aliphatic rings. The third-order valence-electron chi connectivity index (χ3n) is 3.43. The van der Waals surface area contributed by atoms with E-state index in [1.807, 2.05) is 18.2 Å². The average Bonchev–Trinajstić information content (AvgIpc) is 2.76. The number of hydrogen-bond donors (Lipinski definition) is 2. The number of para-hydroxylation sites is 2. The van der Waals surface area contributed by atoms with Crippen LogP contribution in [0.1, 0.15) is 18.5 Å². The van der Waals surface area contributed by atoms with E-state index in [1.54, 1.807) is 0 Å². The molecule has 0 radical (unpaired) electrons. The molecule has 1 fully saturated rings. The van der Waals surface area contributed by atoms with Crippen LogP contribution in [0.25, 0.3) is 16.8 Å². The van der Waals surface area contributed by atoms with Gasteiger partial charge in [0.15, 0.2) is 0 Å². The first-order valence-corrected chi connectivity index (χ1v) is 5.51. The summed E-state index contributed by atoms with van der Waals surface area (Å²) in [7, 11) is 0. The van der Waals surface area contributed by atoms with Gasteiger partial charge in [-0.15, -0.1) is 0 Å². The maximum absolute atomic E-state index is 6.16. The molecule has 0 atom stereocenters. The summed E-state index contributed by atoms with van der Waals surface area (Å²) < 4.78 is 2.08. The molecular formula is C12H12N4. The predicted molar refractivity (Wildman–Crippen MR) is 62.1 cm³/mol. The Bertz CT molecular complexity index is 687. The van der Waals surface area contributed by atoms with Crippen molar-refractivity contribution in [3.05, 3.63) is 36.2 Å². The molecule has 0 unspecified atom stereocenters. The molecule has 80 valence electrons. The van der Waals surface area contributed by atoms with Crippen LogP contribution in [0, 0.1) is 0 Å². The van der Waals surface area contributed by atoms with Gasteiger partial charge in [-0.1, -0.05) is 12.1 Å². The zero-order valence-corrected chi connectivity index (χ0v) is 8.77. The smallest absolute Gasteiger partial charge is 0.212 e. The van der Waals surface area contributed by atoms with Crippen LogP contribution in [0.15, 0.2) is 30.5 Å². The molecule has 0 spiro atoms. The Morgan fingerprint density at radius 2 is 2.12 bits per heavy atom. The van der Waals surface area contributed by atoms with Crippen molar-refractivity contribution < 1.29 is 0 Å². The summed E-state index contributed by atoms with van der Waals surface area (Å²) in [4.78, 5) is 7.84. The first kappa shape index (κ1) is 8.35. The van der Waals surface area contributed by atoms with Gasteiger partial charge in [-0.2, -0.15) is 0 Å². The molecule has 16 heavy (non-hydrogen) atoms. The number of benzene rings is 1. The highest BCUT2D eigenvalue weighted by atomic mass is 15.1. The van der Waals surface area contributed by atoms with Gasteiger partial charge in [-0.3, -0.25) is 4.40 Å². The Labute approximate surface area is 92.1 Å². The largest absolute Gasteiger partial charge is 0.326 e. The van der Waals surface area contributed by atoms with Crippen LogP contribution in [0.3, 0.4) is 0 Å². The van der Waals surface area contributed by atoms with E-state index in [0.717, 1.165) is 35.3 Å². The molecule has 0 amide bonds. The fraction of sp³-hybridized carbons (Fsp3) is 0.250. The Balaban J connectivity index is 2.06. The van der Waals surface area contributed by atoms with Crippen LogP contribution in [0.2, 0.25) is 0 Å². The topological polar surface area (TPSA) is 59.1 Å². The number of fused-ring (bicyclic) bond motifs is 3. The van der Waals surface area contributed by atoms with Gasteiger partial charge in [0.25, 0.3) is 0 Å². The molecule has 2 aromatic heterocycles. The van der Waals surface area contributed by atoms with E-state index in [4.69, 9.17) is 5.73 Å². The van der Waals surface area contributed by atoms with Crippen molar-refractivity contribution in [2.24, 2.45) is 5.73 Å². The van der Waals surface area contributed by atoms with Crippen LogP contribution in [0.4, 0.5) is 0 Å². The van der Waals surface area contributed by atoms with Crippen LogP contribution in [-0.4, -0.2) is 14.4 Å². The molecule has 4 nitrogen and oxygen atoms in total. The highest BCUT2D eigenvalue weighted by Gasteiger charge is 2.41. The van der Waals surface area contributed by atoms with Gasteiger partial charge >= 0.3 is 0 Å². The zero-order valence-electron chi connectivity index (χ0n) is 8.77. The molecule has 1 aromatic carbocycles. The van der Waals surface area contributed by atoms with E-state index in [2.05, 4.69) is 26.6 Å². The maximum Gasteiger partial charge on any atom is 0.212 e. The van der Waals surface area contributed by atoms with E-state index >= 15 is 0 Å². The van der Waals surface area contributed by atoms with Crippen LogP contribution >= 0.6 is 0 Å². The summed E-state index contributed by atoms with van der Waals surface area (Å²) in [6.45, 7) is 0. The summed E-state index contributed by atoms with van der Waals surface area (Å²) in [6.07, 6.45) is 4.21. The quantitative estimate of drug-likeness (QED) is 0.645. The SMILES string of the molecule is NC1(c2cn3c(nc4ccccc43)[nH]2)CC1. The zero-order chi connectivity index (χ0) is 10.8. The first-order chi connectivity index (χ1) is 7.76. The van der Waals surface area contributed by atoms with Crippen LogP contribution in [0.5, 0.6) is 0 Å². The van der Waals surface area contributed by atoms with Crippen molar-refractivity contribution in [1.82, 2.24) is 14.4 Å². The molecule has 1 saturated carbocycles. The third kappa shape index (κ3) is 0.945. The Morgan fingerprint density at radius 3 is 2.94 bits per heavy atom. The molecule has 2 heterocycles. The number of rotatable bonds is 1. The van der Waals surface area contributed by atoms with Crippen molar-refractivity contribution in [2.45, 2.75) is 18.4 Å². The standard InChI is InChI=1S/C12H12N4/c13-12(5-6-12)10-7-16-9-4-2-1-3-8(9)14-11(16)15-10/h1-4,7H,5-6,13H2,(H,14,15). The minimum Gasteiger partial charge on any atom is -0.326 e. The summed E-state index contributed by atoms with van der Waals surface area (Å²) in [5, 5.41) is 0. The Hall–Kier alpha value is -1.81. The van der Waals surface area contributed by atoms with Crippen molar-refractivity contribution in [3.63, 3.8) is 0 Å². The van der Waals surface area contributed by atoms with E-state index in [0.29, 0.717) is 0 Å². The lowest BCUT2D eigenvalue weighted by atomic mass is 10.2. The number of imidazole rings is 2. The molecule has 3 N–H and O–H groups in total. The van der Waals surface area contributed by atoms with Gasteiger partial charge < -0.3 is 10.7 Å². The molecular weight excluding hydrogens is 200 g/mol. The van der Waals surface area contributed by atoms with Crippen LogP contribution in [-0.2, 0) is 5.54 Å². The summed E-state index contributed by atoms with van der Waals surface area (Å²) in [5.74, 6) is 0.882. The number of aromatic amines is 1. The lowest BCUT2D eigenvalue weighted by molar-refractivity contribution is 0.715. The molecule has 0 bridgehead atoms. The molecule has 0 saturated heterocycles. The van der Waals surface area contributed by atoms with E-state index < -0.39 is 0 Å². The maximum atomic E-state index is 6.16. The summed E-state index contributed by atoms with van der Waals surface area (Å²) in [6, 6.07) is 8.12. The number of nitrogens with one attached hydrogen (secondary N) is 1. The second kappa shape index (κ2) is 2.47. The molecule has 4 heteroatoms. The molecule has 1 aliphatic carbocycles. The number of H-pyrrole nitrogens is 1. The number of hydrogen-bond acceptors (Lipinski definition) is 2. The molecule has 3 aromatic rings. The normalized spacial score (nSPS) is 18.3. The third-order valence-corrected chi connectivity index (χ3v) is 3.43. The fourth-order valence-electron chi connectivity index (χ4n) is 2.20. The monoisotopic (exact) mass is 212 g/mol. The molecule has 4 rings (SSSR count). The van der Waals surface area contributed by atoms with Gasteiger partial charge in [-0.25, -0.2) is 4.98 Å². The van der Waals surface area contributed by atoms with Gasteiger partial charge in [-0.05, 0) is 25.0 Å². The Morgan fingerprint density at radius 1 is 1.31 bits per heavy atom. The van der Waals surface area contributed by atoms with E-state index in [-0.39, 0.29) is 5.54 Å². The minimum absolute atomic E-state index is 0.123. The van der Waals surface area contributed by atoms with Crippen molar-refractivity contribution >= 4 is 16.8 Å². The lowest BCUT2D eigenvalue weighted by Gasteiger charge is -2.02. The first-order valence-electron chi connectivity index (χ1n) is 5.51. The Kier molecular flexibility index (Phi) is 1.29.